The van der Waals surface area contributed by atoms with E-state index in [2.05, 4.69) is 32.7 Å². The van der Waals surface area contributed by atoms with Crippen molar-refractivity contribution in [2.45, 2.75) is 12.8 Å². The fourth-order valence-corrected chi connectivity index (χ4v) is 7.05. The third kappa shape index (κ3) is 6.40. The minimum absolute atomic E-state index is 0.218. The molecule has 4 heterocycles. The van der Waals surface area contributed by atoms with Crippen molar-refractivity contribution in [3.63, 3.8) is 0 Å². The third-order valence-corrected chi connectivity index (χ3v) is 10.3. The maximum absolute atomic E-state index is 12.4. The van der Waals surface area contributed by atoms with Crippen LogP contribution in [0, 0.1) is 46.3 Å². The Labute approximate surface area is 326 Å². The maximum atomic E-state index is 12.4. The smallest absolute Gasteiger partial charge is 0.407 e. The van der Waals surface area contributed by atoms with Crippen LogP contribution in [-0.4, -0.2) is 30.9 Å². The number of anilines is 4. The van der Waals surface area contributed by atoms with Gasteiger partial charge >= 0.3 is 11.5 Å². The number of fused-ring (bicyclic) bond motifs is 4. The van der Waals surface area contributed by atoms with Gasteiger partial charge in [0.1, 0.15) is 11.6 Å². The zero-order chi connectivity index (χ0) is 40.2. The summed E-state index contributed by atoms with van der Waals surface area (Å²) < 4.78 is 13.5. The van der Waals surface area contributed by atoms with E-state index >= 15 is 0 Å². The average molecular weight is 771 g/mol. The maximum Gasteiger partial charge on any atom is 0.424 e. The van der Waals surface area contributed by atoms with Crippen molar-refractivity contribution in [1.82, 2.24) is 19.1 Å². The van der Waals surface area contributed by atoms with E-state index < -0.39 is 11.5 Å². The van der Waals surface area contributed by atoms with Crippen molar-refractivity contribution < 1.29 is 18.4 Å². The summed E-state index contributed by atoms with van der Waals surface area (Å²) in [6, 6.07) is 28.8. The number of carbonyl (C=O) groups excluding carboxylic acids is 2. The third-order valence-electron chi connectivity index (χ3n) is 10.3. The molecule has 284 valence electrons. The van der Waals surface area contributed by atoms with Gasteiger partial charge in [-0.05, 0) is 84.3 Å². The molecule has 8 aromatic rings. The molecular formula is C42H30N10O6. The highest BCUT2D eigenvalue weighted by atomic mass is 16.4. The molecule has 16 nitrogen and oxygen atoms in total. The van der Waals surface area contributed by atoms with Crippen LogP contribution in [-0.2, 0) is 9.59 Å². The molecule has 0 spiro atoms. The van der Waals surface area contributed by atoms with Crippen LogP contribution in [0.5, 0.6) is 0 Å². The van der Waals surface area contributed by atoms with Crippen molar-refractivity contribution in [3.8, 4) is 23.5 Å². The van der Waals surface area contributed by atoms with E-state index in [4.69, 9.17) is 30.8 Å². The van der Waals surface area contributed by atoms with E-state index in [0.29, 0.717) is 80.2 Å². The molecule has 58 heavy (non-hydrogen) atoms. The van der Waals surface area contributed by atoms with Gasteiger partial charge in [0.2, 0.25) is 11.8 Å². The Morgan fingerprint density at radius 3 is 1.47 bits per heavy atom. The number of para-hydroxylation sites is 4. The second kappa shape index (κ2) is 13.8. The molecule has 2 fully saturated rings. The number of nitrogens with two attached hydrogens (primary N) is 2. The lowest BCUT2D eigenvalue weighted by Crippen LogP contribution is -2.15. The van der Waals surface area contributed by atoms with Crippen LogP contribution in [0.4, 0.5) is 23.0 Å². The average Bonchev–Trinajstić information content (AvgIpc) is 4.12. The number of nitrogens with one attached hydrogen (secondary N) is 2. The van der Waals surface area contributed by atoms with Gasteiger partial charge in [0, 0.05) is 34.5 Å². The zero-order valence-corrected chi connectivity index (χ0v) is 30.2. The van der Waals surface area contributed by atoms with Gasteiger partial charge in [-0.1, -0.05) is 24.3 Å². The SMILES string of the molecule is N#C[C@@H]1C[C@H]1C(=O)Nc1cc2cc(-n3c(=O)oc4ccccc43)cc(N)c2cn1.N#C[C@H]1C[C@@H]1C(=O)Nc1cc2cc(-n3c(=O)oc4ccccc43)cc(N)c2cn1. The predicted octanol–water partition coefficient (Wildman–Crippen LogP) is 5.62. The number of pyridine rings is 2. The van der Waals surface area contributed by atoms with Crippen LogP contribution in [0.15, 0.2) is 116 Å². The Kier molecular flexibility index (Phi) is 8.44. The van der Waals surface area contributed by atoms with E-state index in [0.717, 1.165) is 10.8 Å². The quantitative estimate of drug-likeness (QED) is 0.150. The molecule has 4 aromatic heterocycles. The first kappa shape index (κ1) is 35.5. The van der Waals surface area contributed by atoms with Crippen LogP contribution < -0.4 is 33.6 Å². The van der Waals surface area contributed by atoms with Gasteiger partial charge in [0.25, 0.3) is 0 Å². The molecular weight excluding hydrogens is 741 g/mol. The second-order valence-corrected chi connectivity index (χ2v) is 14.1. The van der Waals surface area contributed by atoms with Crippen LogP contribution in [0.2, 0.25) is 0 Å². The summed E-state index contributed by atoms with van der Waals surface area (Å²) in [5, 5.41) is 26.1. The molecule has 2 aliphatic rings. The minimum Gasteiger partial charge on any atom is -0.407 e. The van der Waals surface area contributed by atoms with Crippen molar-refractivity contribution in [2.24, 2.45) is 23.7 Å². The number of amides is 2. The lowest BCUT2D eigenvalue weighted by molar-refractivity contribution is -0.118. The van der Waals surface area contributed by atoms with E-state index in [1.807, 2.05) is 12.1 Å². The fourth-order valence-electron chi connectivity index (χ4n) is 7.05. The lowest BCUT2D eigenvalue weighted by atomic mass is 10.1. The van der Waals surface area contributed by atoms with Crippen LogP contribution in [0.25, 0.3) is 55.1 Å². The van der Waals surface area contributed by atoms with Gasteiger partial charge in [-0.3, -0.25) is 9.59 Å². The number of carbonyl (C=O) groups is 2. The predicted molar refractivity (Wildman–Crippen MR) is 215 cm³/mol. The highest BCUT2D eigenvalue weighted by Gasteiger charge is 2.44. The van der Waals surface area contributed by atoms with E-state index in [1.54, 1.807) is 85.2 Å². The van der Waals surface area contributed by atoms with Gasteiger partial charge in [0.15, 0.2) is 11.2 Å². The number of benzene rings is 4. The molecule has 2 amide bonds. The normalized spacial score (nSPS) is 17.9. The Morgan fingerprint density at radius 1 is 0.655 bits per heavy atom. The number of hydrogen-bond acceptors (Lipinski definition) is 12. The summed E-state index contributed by atoms with van der Waals surface area (Å²) in [6.45, 7) is 0. The first-order valence-corrected chi connectivity index (χ1v) is 18.1. The first-order chi connectivity index (χ1) is 28.1. The summed E-state index contributed by atoms with van der Waals surface area (Å²) in [6.07, 6.45) is 4.30. The number of nitriles is 2. The van der Waals surface area contributed by atoms with E-state index in [9.17, 15) is 19.2 Å². The molecule has 2 aliphatic carbocycles. The van der Waals surface area contributed by atoms with Gasteiger partial charge < -0.3 is 30.9 Å². The molecule has 4 atom stereocenters. The number of aromatic nitrogens is 4. The van der Waals surface area contributed by atoms with Crippen molar-refractivity contribution in [1.29, 1.82) is 10.5 Å². The number of oxazole rings is 2. The molecule has 0 saturated heterocycles. The Balaban J connectivity index is 0.000000150. The first-order valence-electron chi connectivity index (χ1n) is 18.1. The number of hydrogen-bond donors (Lipinski definition) is 4. The summed E-state index contributed by atoms with van der Waals surface area (Å²) in [5.74, 6) is -1.74. The van der Waals surface area contributed by atoms with E-state index in [-0.39, 0.29) is 35.5 Å². The molecule has 2 saturated carbocycles. The Morgan fingerprint density at radius 2 is 1.07 bits per heavy atom. The highest BCUT2D eigenvalue weighted by molar-refractivity contribution is 6.00. The number of nitrogen functional groups attached to an aromatic ring is 2. The molecule has 0 aliphatic heterocycles. The molecule has 10 rings (SSSR count). The molecule has 4 aromatic carbocycles. The van der Waals surface area contributed by atoms with Crippen molar-refractivity contribution in [3.05, 3.63) is 118 Å². The summed E-state index contributed by atoms with van der Waals surface area (Å²) in [5.41, 5.74) is 16.6. The molecule has 6 N–H and O–H groups in total. The summed E-state index contributed by atoms with van der Waals surface area (Å²) in [7, 11) is 0. The molecule has 16 heteroatoms. The summed E-state index contributed by atoms with van der Waals surface area (Å²) in [4.78, 5) is 57.7. The van der Waals surface area contributed by atoms with Crippen molar-refractivity contribution in [2.75, 3.05) is 22.1 Å². The molecule has 0 bridgehead atoms. The number of rotatable bonds is 6. The Bertz CT molecular complexity index is 3010. The largest absolute Gasteiger partial charge is 0.424 e. The van der Waals surface area contributed by atoms with Gasteiger partial charge in [-0.2, -0.15) is 10.5 Å². The number of nitrogens with zero attached hydrogens (tertiary/aromatic N) is 6. The second-order valence-electron chi connectivity index (χ2n) is 14.1. The molecule has 0 unspecified atom stereocenters. The van der Waals surface area contributed by atoms with E-state index in [1.165, 1.54) is 9.13 Å². The summed E-state index contributed by atoms with van der Waals surface area (Å²) >= 11 is 0. The van der Waals surface area contributed by atoms with Gasteiger partial charge in [-0.25, -0.2) is 28.7 Å². The van der Waals surface area contributed by atoms with Crippen LogP contribution in [0.3, 0.4) is 0 Å². The monoisotopic (exact) mass is 770 g/mol. The standard InChI is InChI=1S/2C21H15N5O3/c2*22-9-12-6-14(12)20(27)25-19-7-11-5-13(8-16(23)15(11)10-24-19)26-17-3-1-2-4-18(17)29-21(26)28/h2*1-5,7-8,10,12,14H,6,23H2,(H,24,25,27)/t2*12-,14+/m10/s1. The Hall–Kier alpha value is -8.24. The van der Waals surface area contributed by atoms with Crippen molar-refractivity contribution >= 4 is 78.6 Å². The van der Waals surface area contributed by atoms with Crippen LogP contribution >= 0.6 is 0 Å². The topological polar surface area (TPSA) is 254 Å². The van der Waals surface area contributed by atoms with Gasteiger partial charge in [0.05, 0.1) is 58.2 Å². The zero-order valence-electron chi connectivity index (χ0n) is 30.2. The van der Waals surface area contributed by atoms with Gasteiger partial charge in [-0.15, -0.1) is 0 Å². The fraction of sp³-hybridized carbons (Fsp3) is 0.143. The minimum atomic E-state index is -0.510. The van der Waals surface area contributed by atoms with Crippen LogP contribution in [0.1, 0.15) is 12.8 Å². The lowest BCUT2D eigenvalue weighted by Gasteiger charge is -2.10. The highest BCUT2D eigenvalue weighted by Crippen LogP contribution is 2.39. The molecule has 0 radical (unpaired) electrons.